The van der Waals surface area contributed by atoms with Gasteiger partial charge in [0.25, 0.3) is 0 Å². The van der Waals surface area contributed by atoms with E-state index in [1.807, 2.05) is 6.08 Å². The number of carbonyl (C=O) groups excluding carboxylic acids is 1. The lowest BCUT2D eigenvalue weighted by Crippen LogP contribution is -2.65. The van der Waals surface area contributed by atoms with Crippen LogP contribution in [0, 0.1) is 0 Å². The largest absolute Gasteiger partial charge is 0.394 e. The highest BCUT2D eigenvalue weighted by atomic mass is 16.7. The van der Waals surface area contributed by atoms with Gasteiger partial charge in [-0.05, 0) is 77.0 Å². The summed E-state index contributed by atoms with van der Waals surface area (Å²) in [6.45, 7) is 2.81. The number of carbonyl (C=O) groups is 1. The molecule has 0 spiro atoms. The summed E-state index contributed by atoms with van der Waals surface area (Å²) in [5.74, 6) is -0.248. The third kappa shape index (κ3) is 44.9. The van der Waals surface area contributed by atoms with Gasteiger partial charge in [-0.3, -0.25) is 4.79 Å². The van der Waals surface area contributed by atoms with Crippen LogP contribution in [0.3, 0.4) is 0 Å². The lowest BCUT2D eigenvalue weighted by Gasteiger charge is -2.46. The maximum Gasteiger partial charge on any atom is 0.220 e. The molecule has 2 aliphatic rings. The monoisotopic (exact) mass is 1290 g/mol. The van der Waals surface area contributed by atoms with Gasteiger partial charge in [-0.15, -0.1) is 0 Å². The molecule has 0 saturated carbocycles. The molecule has 14 heteroatoms. The highest BCUT2D eigenvalue weighted by Crippen LogP contribution is 2.30. The van der Waals surface area contributed by atoms with Crippen molar-refractivity contribution in [2.45, 2.75) is 402 Å². The topological polar surface area (TPSA) is 228 Å². The average Bonchev–Trinajstić information content (AvgIpc) is 1.28. The van der Waals surface area contributed by atoms with Crippen molar-refractivity contribution >= 4 is 5.91 Å². The summed E-state index contributed by atoms with van der Waals surface area (Å²) in [7, 11) is 0. The molecule has 12 atom stereocenters. The molecule has 2 aliphatic heterocycles. The summed E-state index contributed by atoms with van der Waals surface area (Å²) in [5.41, 5.74) is 0. The average molecular weight is 1290 g/mol. The molecular weight excluding hydrogens is 1150 g/mol. The summed E-state index contributed by atoms with van der Waals surface area (Å²) in [4.78, 5) is 13.4. The van der Waals surface area contributed by atoms with Gasteiger partial charge in [-0.25, -0.2) is 0 Å². The number of hydrogen-bond donors (Lipinski definition) is 9. The molecule has 9 N–H and O–H groups in total. The lowest BCUT2D eigenvalue weighted by atomic mass is 9.97. The van der Waals surface area contributed by atoms with Gasteiger partial charge in [0.1, 0.15) is 48.8 Å². The fraction of sp³-hybridized carbons (Fsp3) is 0.857. The SMILES string of the molecule is CCCCCCC/C=C\C/C=C\CCCCCCCCCCCCCCCCCCCCCCCC(=O)NC(COC1OC(CO)C(OC2OC(CO)C(O)C(O)C2O)C(O)C1O)C(O)/C=C/CC/C=C/CC/C=C/CCCCCCCCCCCCCCCC. The molecule has 2 heterocycles. The van der Waals surface area contributed by atoms with E-state index in [0.29, 0.717) is 12.8 Å². The lowest BCUT2D eigenvalue weighted by molar-refractivity contribution is -0.359. The van der Waals surface area contributed by atoms with Crippen molar-refractivity contribution in [3.8, 4) is 0 Å². The number of unbranched alkanes of at least 4 members (excludes halogenated alkanes) is 42. The van der Waals surface area contributed by atoms with E-state index in [1.54, 1.807) is 6.08 Å². The molecule has 532 valence electrons. The summed E-state index contributed by atoms with van der Waals surface area (Å²) in [5, 5.41) is 87.5. The Morgan fingerprint density at radius 1 is 0.396 bits per heavy atom. The number of rotatable bonds is 63. The minimum atomic E-state index is -1.79. The zero-order valence-electron chi connectivity index (χ0n) is 58.1. The van der Waals surface area contributed by atoms with Crippen LogP contribution in [0.25, 0.3) is 0 Å². The minimum absolute atomic E-state index is 0.248. The Kier molecular flexibility index (Phi) is 57.1. The number of hydrogen-bond acceptors (Lipinski definition) is 13. The molecule has 2 fully saturated rings. The first-order valence-electron chi connectivity index (χ1n) is 38.0. The van der Waals surface area contributed by atoms with Crippen molar-refractivity contribution in [2.24, 2.45) is 0 Å². The van der Waals surface area contributed by atoms with E-state index in [9.17, 15) is 45.6 Å². The zero-order chi connectivity index (χ0) is 65.9. The quantitative estimate of drug-likeness (QED) is 0.0204. The van der Waals surface area contributed by atoms with Gasteiger partial charge in [0, 0.05) is 6.42 Å². The Labute approximate surface area is 556 Å². The van der Waals surface area contributed by atoms with E-state index in [1.165, 1.54) is 244 Å². The third-order valence-electron chi connectivity index (χ3n) is 18.4. The first-order valence-corrected chi connectivity index (χ1v) is 38.0. The van der Waals surface area contributed by atoms with Crippen molar-refractivity contribution in [3.05, 3.63) is 60.8 Å². The van der Waals surface area contributed by atoms with Gasteiger partial charge in [0.2, 0.25) is 5.91 Å². The highest BCUT2D eigenvalue weighted by molar-refractivity contribution is 5.76. The molecule has 2 saturated heterocycles. The van der Waals surface area contributed by atoms with Gasteiger partial charge >= 0.3 is 0 Å². The molecule has 0 aromatic heterocycles. The maximum atomic E-state index is 13.4. The van der Waals surface area contributed by atoms with Gasteiger partial charge in [-0.2, -0.15) is 0 Å². The normalized spacial score (nSPS) is 23.1. The first-order chi connectivity index (χ1) is 44.6. The van der Waals surface area contributed by atoms with Crippen molar-refractivity contribution in [2.75, 3.05) is 19.8 Å². The van der Waals surface area contributed by atoms with Gasteiger partial charge in [0.05, 0.1) is 32.0 Å². The Balaban J connectivity index is 1.65. The number of allylic oxidation sites excluding steroid dienone is 9. The Bertz CT molecular complexity index is 1760. The maximum absolute atomic E-state index is 13.4. The van der Waals surface area contributed by atoms with Crippen LogP contribution in [-0.4, -0.2) is 140 Å². The molecule has 0 aliphatic carbocycles. The third-order valence-corrected chi connectivity index (χ3v) is 18.4. The van der Waals surface area contributed by atoms with Crippen LogP contribution in [0.2, 0.25) is 0 Å². The van der Waals surface area contributed by atoms with Crippen molar-refractivity contribution < 1.29 is 64.6 Å². The predicted octanol–water partition coefficient (Wildman–Crippen LogP) is 16.4. The van der Waals surface area contributed by atoms with Gasteiger partial charge in [0.15, 0.2) is 12.6 Å². The smallest absolute Gasteiger partial charge is 0.220 e. The molecular formula is C77H141NO13. The van der Waals surface area contributed by atoms with Crippen molar-refractivity contribution in [1.29, 1.82) is 0 Å². The molecule has 0 aromatic rings. The van der Waals surface area contributed by atoms with E-state index in [-0.39, 0.29) is 18.9 Å². The number of amides is 1. The second-order valence-corrected chi connectivity index (χ2v) is 26.8. The molecule has 91 heavy (non-hydrogen) atoms. The van der Waals surface area contributed by atoms with Crippen LogP contribution >= 0.6 is 0 Å². The second-order valence-electron chi connectivity index (χ2n) is 26.8. The number of nitrogens with one attached hydrogen (secondary N) is 1. The summed E-state index contributed by atoms with van der Waals surface area (Å²) >= 11 is 0. The molecule has 2 rings (SSSR count). The van der Waals surface area contributed by atoms with E-state index in [4.69, 9.17) is 18.9 Å². The van der Waals surface area contributed by atoms with E-state index >= 15 is 0 Å². The van der Waals surface area contributed by atoms with Crippen LogP contribution in [-0.2, 0) is 23.7 Å². The fourth-order valence-electron chi connectivity index (χ4n) is 12.4. The number of aliphatic hydroxyl groups excluding tert-OH is 8. The molecule has 12 unspecified atom stereocenters. The minimum Gasteiger partial charge on any atom is -0.394 e. The Morgan fingerprint density at radius 2 is 0.736 bits per heavy atom. The zero-order valence-corrected chi connectivity index (χ0v) is 58.1. The molecule has 0 radical (unpaired) electrons. The summed E-state index contributed by atoms with van der Waals surface area (Å²) in [6, 6.07) is -0.940. The van der Waals surface area contributed by atoms with Crippen molar-refractivity contribution in [3.63, 3.8) is 0 Å². The fourth-order valence-corrected chi connectivity index (χ4v) is 12.4. The Hall–Kier alpha value is -2.31. The standard InChI is InChI=1S/C77H141NO13/c1-3-5-7-9-11-13-15-17-19-21-23-25-27-29-30-31-32-33-34-35-36-37-39-41-43-45-47-49-51-53-55-57-59-61-69(82)78-65(64-88-76-74(87)72(85)75(68(63-80)90-76)91-77-73(86)71(84)70(83)67(62-79)89-77)66(81)60-58-56-54-52-50-48-46-44-42-40-38-28-26-24-22-20-18-16-14-12-10-8-6-4-2/h15,17,21,23,42,44,50,52,58,60,65-68,70-77,79-81,83-87H,3-14,16,18-20,22,24-41,43,45-49,51,53-57,59,61-64H2,1-2H3,(H,78,82)/b17-15-,23-21-,44-42+,52-50+,60-58+. The van der Waals surface area contributed by atoms with E-state index in [2.05, 4.69) is 67.8 Å². The highest BCUT2D eigenvalue weighted by Gasteiger charge is 2.51. The molecule has 0 aromatic carbocycles. The first kappa shape index (κ1) is 84.8. The molecule has 0 bridgehead atoms. The van der Waals surface area contributed by atoms with E-state index in [0.717, 1.165) is 51.4 Å². The molecule has 14 nitrogen and oxygen atoms in total. The summed E-state index contributed by atoms with van der Waals surface area (Å²) in [6.07, 6.45) is 65.8. The van der Waals surface area contributed by atoms with Crippen LogP contribution in [0.5, 0.6) is 0 Å². The van der Waals surface area contributed by atoms with E-state index < -0.39 is 86.8 Å². The summed E-state index contributed by atoms with van der Waals surface area (Å²) < 4.78 is 22.9. The van der Waals surface area contributed by atoms with Gasteiger partial charge in [-0.1, -0.05) is 306 Å². The van der Waals surface area contributed by atoms with Crippen LogP contribution in [0.4, 0.5) is 0 Å². The van der Waals surface area contributed by atoms with Crippen LogP contribution in [0.15, 0.2) is 60.8 Å². The molecule has 1 amide bonds. The van der Waals surface area contributed by atoms with Crippen LogP contribution in [0.1, 0.15) is 328 Å². The second kappa shape index (κ2) is 61.3. The van der Waals surface area contributed by atoms with Crippen LogP contribution < -0.4 is 5.32 Å². The number of aliphatic hydroxyl groups is 8. The predicted molar refractivity (Wildman–Crippen MR) is 374 cm³/mol. The van der Waals surface area contributed by atoms with Gasteiger partial charge < -0.3 is 65.1 Å². The Morgan fingerprint density at radius 3 is 1.14 bits per heavy atom. The van der Waals surface area contributed by atoms with Crippen molar-refractivity contribution in [1.82, 2.24) is 5.32 Å². The number of ether oxygens (including phenoxy) is 4.